The first kappa shape index (κ1) is 16.7. The van der Waals surface area contributed by atoms with Crippen molar-refractivity contribution in [2.75, 3.05) is 6.54 Å². The molecule has 1 aliphatic rings. The van der Waals surface area contributed by atoms with Crippen molar-refractivity contribution in [3.05, 3.63) is 30.1 Å². The van der Waals surface area contributed by atoms with Crippen molar-refractivity contribution >= 4 is 11.8 Å². The van der Waals surface area contributed by atoms with Gasteiger partial charge in [-0.25, -0.2) is 0 Å². The highest BCUT2D eigenvalue weighted by molar-refractivity contribution is 6.01. The van der Waals surface area contributed by atoms with Crippen LogP contribution in [-0.4, -0.2) is 28.2 Å². The number of hydrogen-bond acceptors (Lipinski definition) is 3. The molecule has 0 saturated carbocycles. The number of pyridine rings is 1. The van der Waals surface area contributed by atoms with E-state index in [2.05, 4.69) is 11.9 Å². The molecule has 1 unspecified atom stereocenters. The highest BCUT2D eigenvalue weighted by Gasteiger charge is 2.34. The van der Waals surface area contributed by atoms with Crippen LogP contribution in [0.2, 0.25) is 0 Å². The zero-order valence-electron chi connectivity index (χ0n) is 13.5. The van der Waals surface area contributed by atoms with Crippen molar-refractivity contribution in [1.82, 2.24) is 9.88 Å². The third kappa shape index (κ3) is 4.39. The maximum Gasteiger partial charge on any atom is 0.236 e. The van der Waals surface area contributed by atoms with Crippen LogP contribution in [0.3, 0.4) is 0 Å². The second-order valence-corrected chi connectivity index (χ2v) is 6.02. The number of rotatable bonds is 8. The lowest BCUT2D eigenvalue weighted by Crippen LogP contribution is -2.44. The van der Waals surface area contributed by atoms with Gasteiger partial charge in [0, 0.05) is 25.4 Å². The third-order valence-electron chi connectivity index (χ3n) is 4.36. The van der Waals surface area contributed by atoms with E-state index in [1.54, 1.807) is 12.4 Å². The molecule has 120 valence electrons. The Morgan fingerprint density at radius 2 is 1.77 bits per heavy atom. The van der Waals surface area contributed by atoms with Crippen molar-refractivity contribution in [2.45, 2.75) is 64.2 Å². The molecule has 1 atom stereocenters. The highest BCUT2D eigenvalue weighted by atomic mass is 16.2. The van der Waals surface area contributed by atoms with Gasteiger partial charge in [-0.1, -0.05) is 39.0 Å². The van der Waals surface area contributed by atoms with E-state index in [0.717, 1.165) is 18.4 Å². The number of unbranched alkanes of at least 4 members (excludes halogenated alkanes) is 5. The van der Waals surface area contributed by atoms with E-state index in [9.17, 15) is 9.59 Å². The summed E-state index contributed by atoms with van der Waals surface area (Å²) < 4.78 is 0. The van der Waals surface area contributed by atoms with Crippen LogP contribution in [0, 0.1) is 0 Å². The number of carbonyl (C=O) groups excluding carboxylic acids is 2. The van der Waals surface area contributed by atoms with Gasteiger partial charge in [-0.15, -0.1) is 0 Å². The fourth-order valence-electron chi connectivity index (χ4n) is 3.03. The summed E-state index contributed by atoms with van der Waals surface area (Å²) in [5.41, 5.74) is 0.973. The Kier molecular flexibility index (Phi) is 6.56. The van der Waals surface area contributed by atoms with Crippen LogP contribution in [0.5, 0.6) is 0 Å². The molecule has 0 N–H and O–H groups in total. The third-order valence-corrected chi connectivity index (χ3v) is 4.36. The van der Waals surface area contributed by atoms with Crippen molar-refractivity contribution < 1.29 is 9.59 Å². The smallest absolute Gasteiger partial charge is 0.236 e. The van der Waals surface area contributed by atoms with Crippen molar-refractivity contribution in [1.29, 1.82) is 0 Å². The monoisotopic (exact) mass is 302 g/mol. The summed E-state index contributed by atoms with van der Waals surface area (Å²) in [5.74, 6) is -0.222. The lowest BCUT2D eigenvalue weighted by atomic mass is 9.90. The van der Waals surface area contributed by atoms with Crippen LogP contribution in [0.4, 0.5) is 0 Å². The van der Waals surface area contributed by atoms with Gasteiger partial charge in [0.1, 0.15) is 0 Å². The fraction of sp³-hybridized carbons (Fsp3) is 0.611. The molecule has 0 radical (unpaired) electrons. The van der Waals surface area contributed by atoms with Gasteiger partial charge in [0.2, 0.25) is 11.8 Å². The van der Waals surface area contributed by atoms with Crippen LogP contribution < -0.4 is 0 Å². The van der Waals surface area contributed by atoms with Gasteiger partial charge in [-0.3, -0.25) is 19.5 Å². The predicted molar refractivity (Wildman–Crippen MR) is 86.3 cm³/mol. The molecular weight excluding hydrogens is 276 g/mol. The number of amides is 2. The molecule has 1 aromatic heterocycles. The number of nitrogens with zero attached hydrogens (tertiary/aromatic N) is 2. The molecule has 0 bridgehead atoms. The van der Waals surface area contributed by atoms with E-state index < -0.39 is 0 Å². The second-order valence-electron chi connectivity index (χ2n) is 6.02. The summed E-state index contributed by atoms with van der Waals surface area (Å²) in [5, 5.41) is 0. The zero-order valence-corrected chi connectivity index (χ0v) is 13.5. The van der Waals surface area contributed by atoms with Gasteiger partial charge in [0.05, 0.1) is 5.92 Å². The topological polar surface area (TPSA) is 50.3 Å². The molecule has 1 saturated heterocycles. The van der Waals surface area contributed by atoms with Crippen molar-refractivity contribution in [3.8, 4) is 0 Å². The van der Waals surface area contributed by atoms with Crippen LogP contribution in [0.1, 0.15) is 69.8 Å². The van der Waals surface area contributed by atoms with Gasteiger partial charge in [0.15, 0.2) is 0 Å². The number of carbonyl (C=O) groups is 2. The minimum absolute atomic E-state index is 0.0103. The highest BCUT2D eigenvalue weighted by Crippen LogP contribution is 2.28. The summed E-state index contributed by atoms with van der Waals surface area (Å²) in [6.45, 7) is 2.77. The molecule has 1 fully saturated rings. The average molecular weight is 302 g/mol. The minimum atomic E-state index is -0.180. The van der Waals surface area contributed by atoms with E-state index in [4.69, 9.17) is 0 Å². The Balaban J connectivity index is 1.87. The molecule has 2 amide bonds. The van der Waals surface area contributed by atoms with Gasteiger partial charge in [-0.2, -0.15) is 0 Å². The van der Waals surface area contributed by atoms with Crippen LogP contribution in [0.15, 0.2) is 24.5 Å². The largest absolute Gasteiger partial charge is 0.282 e. The minimum Gasteiger partial charge on any atom is -0.282 e. The molecule has 0 aromatic carbocycles. The maximum absolute atomic E-state index is 12.6. The lowest BCUT2D eigenvalue weighted by Gasteiger charge is -2.30. The molecule has 22 heavy (non-hydrogen) atoms. The van der Waals surface area contributed by atoms with Crippen LogP contribution in [-0.2, 0) is 9.59 Å². The fourth-order valence-corrected chi connectivity index (χ4v) is 3.03. The molecule has 4 nitrogen and oxygen atoms in total. The summed E-state index contributed by atoms with van der Waals surface area (Å²) >= 11 is 0. The summed E-state index contributed by atoms with van der Waals surface area (Å²) in [7, 11) is 0. The first-order valence-corrected chi connectivity index (χ1v) is 8.48. The molecule has 0 spiro atoms. The maximum atomic E-state index is 12.6. The van der Waals surface area contributed by atoms with Gasteiger partial charge >= 0.3 is 0 Å². The molecule has 1 aromatic rings. The van der Waals surface area contributed by atoms with E-state index >= 15 is 0 Å². The Hall–Kier alpha value is -1.71. The van der Waals surface area contributed by atoms with Crippen molar-refractivity contribution in [3.63, 3.8) is 0 Å². The molecular formula is C18H26N2O2. The normalized spacial score (nSPS) is 18.8. The quantitative estimate of drug-likeness (QED) is 0.544. The Bertz CT molecular complexity index is 487. The van der Waals surface area contributed by atoms with E-state index in [-0.39, 0.29) is 17.7 Å². The Morgan fingerprint density at radius 3 is 2.50 bits per heavy atom. The Labute approximate surface area is 132 Å². The number of piperidine rings is 1. The molecule has 1 aliphatic heterocycles. The molecule has 0 aliphatic carbocycles. The number of likely N-dealkylation sites (tertiary alicyclic amines) is 1. The second kappa shape index (κ2) is 8.66. The number of aromatic nitrogens is 1. The Morgan fingerprint density at radius 1 is 1.09 bits per heavy atom. The average Bonchev–Trinajstić information content (AvgIpc) is 2.54. The molecule has 4 heteroatoms. The predicted octanol–water partition coefficient (Wildman–Crippen LogP) is 3.67. The summed E-state index contributed by atoms with van der Waals surface area (Å²) in [6.07, 6.45) is 11.5. The van der Waals surface area contributed by atoms with E-state index in [1.165, 1.54) is 30.6 Å². The number of hydrogen-bond donors (Lipinski definition) is 0. The van der Waals surface area contributed by atoms with E-state index in [0.29, 0.717) is 19.4 Å². The van der Waals surface area contributed by atoms with Crippen LogP contribution >= 0.6 is 0 Å². The molecule has 2 heterocycles. The number of imide groups is 1. The van der Waals surface area contributed by atoms with Crippen LogP contribution in [0.25, 0.3) is 0 Å². The lowest BCUT2D eigenvalue weighted by molar-refractivity contribution is -0.149. The van der Waals surface area contributed by atoms with Crippen molar-refractivity contribution in [2.24, 2.45) is 0 Å². The SMILES string of the molecule is CCCCCCCCN1C(=O)CCC(c2ccncc2)C1=O. The molecule has 2 rings (SSSR count). The zero-order chi connectivity index (χ0) is 15.8. The van der Waals surface area contributed by atoms with Gasteiger partial charge < -0.3 is 0 Å². The van der Waals surface area contributed by atoms with E-state index in [1.807, 2.05) is 12.1 Å². The summed E-state index contributed by atoms with van der Waals surface area (Å²) in [4.78, 5) is 30.1. The van der Waals surface area contributed by atoms with Gasteiger partial charge in [-0.05, 0) is 30.5 Å². The summed E-state index contributed by atoms with van der Waals surface area (Å²) in [6, 6.07) is 3.75. The first-order chi connectivity index (χ1) is 10.7. The standard InChI is InChI=1S/C18H26N2O2/c1-2-3-4-5-6-7-14-20-17(21)9-8-16(18(20)22)15-10-12-19-13-11-15/h10-13,16H,2-9,14H2,1H3. The van der Waals surface area contributed by atoms with Gasteiger partial charge in [0.25, 0.3) is 0 Å². The first-order valence-electron chi connectivity index (χ1n) is 8.48.